The lowest BCUT2D eigenvalue weighted by atomic mass is 9.93. The molecular weight excluding hydrogens is 234 g/mol. The fraction of sp³-hybridized carbons (Fsp3) is 0.583. The fourth-order valence-electron chi connectivity index (χ4n) is 2.27. The van der Waals surface area contributed by atoms with Crippen LogP contribution in [0.15, 0.2) is 15.9 Å². The minimum absolute atomic E-state index is 0.0656. The molecule has 1 saturated heterocycles. The second-order valence-corrected chi connectivity index (χ2v) is 4.49. The first-order valence-corrected chi connectivity index (χ1v) is 6.08. The van der Waals surface area contributed by atoms with E-state index in [2.05, 4.69) is 10.3 Å². The third-order valence-corrected chi connectivity index (χ3v) is 3.44. The van der Waals surface area contributed by atoms with Crippen molar-refractivity contribution < 1.29 is 14.5 Å². The third-order valence-electron chi connectivity index (χ3n) is 3.44. The van der Waals surface area contributed by atoms with Crippen LogP contribution in [0.25, 0.3) is 0 Å². The number of carbonyl (C=O) groups is 1. The van der Waals surface area contributed by atoms with Gasteiger partial charge in [0, 0.05) is 25.4 Å². The minimum atomic E-state index is -0.0656. The summed E-state index contributed by atoms with van der Waals surface area (Å²) in [4.78, 5) is 14.0. The minimum Gasteiger partial charge on any atom is -0.411 e. The number of nitrogens with zero attached hydrogens (tertiary/aromatic N) is 3. The highest BCUT2D eigenvalue weighted by molar-refractivity contribution is 5.96. The maximum atomic E-state index is 12.3. The summed E-state index contributed by atoms with van der Waals surface area (Å²) in [6.07, 6.45) is 2.92. The highest BCUT2D eigenvalue weighted by atomic mass is 16.5. The van der Waals surface area contributed by atoms with E-state index < -0.39 is 0 Å². The molecule has 0 aromatic carbocycles. The van der Waals surface area contributed by atoms with Gasteiger partial charge >= 0.3 is 0 Å². The Kier molecular flexibility index (Phi) is 3.64. The standard InChI is InChI=1S/C12H17N3O3/c1-3-9-7-15(5-4-11(9)14-17)12(16)10-6-13-18-8(10)2/h6,9,17H,3-5,7H2,1-2H3. The molecule has 1 atom stereocenters. The van der Waals surface area contributed by atoms with Gasteiger partial charge in [0.2, 0.25) is 0 Å². The number of piperidine rings is 1. The van der Waals surface area contributed by atoms with Crippen LogP contribution in [-0.4, -0.2) is 40.0 Å². The van der Waals surface area contributed by atoms with E-state index in [0.29, 0.717) is 30.8 Å². The molecule has 0 spiro atoms. The Morgan fingerprint density at radius 1 is 1.72 bits per heavy atom. The van der Waals surface area contributed by atoms with Gasteiger partial charge < -0.3 is 14.6 Å². The van der Waals surface area contributed by atoms with Crippen LogP contribution in [0.3, 0.4) is 0 Å². The normalized spacial score (nSPS) is 22.4. The Hall–Kier alpha value is -1.85. The van der Waals surface area contributed by atoms with E-state index in [9.17, 15) is 4.79 Å². The topological polar surface area (TPSA) is 78.9 Å². The molecule has 2 heterocycles. The molecule has 6 nitrogen and oxygen atoms in total. The number of amides is 1. The van der Waals surface area contributed by atoms with Crippen LogP contribution in [0.4, 0.5) is 0 Å². The molecular formula is C12H17N3O3. The van der Waals surface area contributed by atoms with Crippen LogP contribution in [0.5, 0.6) is 0 Å². The quantitative estimate of drug-likeness (QED) is 0.640. The number of hydrogen-bond acceptors (Lipinski definition) is 5. The predicted octanol–water partition coefficient (Wildman–Crippen LogP) is 1.69. The zero-order chi connectivity index (χ0) is 13.1. The lowest BCUT2D eigenvalue weighted by Gasteiger charge is -2.32. The first kappa shape index (κ1) is 12.6. The summed E-state index contributed by atoms with van der Waals surface area (Å²) >= 11 is 0. The maximum absolute atomic E-state index is 12.3. The molecule has 1 N–H and O–H groups in total. The Morgan fingerprint density at radius 2 is 2.50 bits per heavy atom. The van der Waals surface area contributed by atoms with Crippen LogP contribution >= 0.6 is 0 Å². The second kappa shape index (κ2) is 5.20. The number of aryl methyl sites for hydroxylation is 1. The predicted molar refractivity (Wildman–Crippen MR) is 64.8 cm³/mol. The summed E-state index contributed by atoms with van der Waals surface area (Å²) in [5.74, 6) is 0.603. The largest absolute Gasteiger partial charge is 0.411 e. The fourth-order valence-corrected chi connectivity index (χ4v) is 2.27. The Balaban J connectivity index is 2.12. The molecule has 0 radical (unpaired) electrons. The Bertz CT molecular complexity index is 467. The van der Waals surface area contributed by atoms with Crippen molar-refractivity contribution >= 4 is 11.6 Å². The molecule has 1 unspecified atom stereocenters. The highest BCUT2D eigenvalue weighted by Gasteiger charge is 2.29. The van der Waals surface area contributed by atoms with Gasteiger partial charge in [-0.25, -0.2) is 0 Å². The Labute approximate surface area is 105 Å². The Morgan fingerprint density at radius 3 is 3.06 bits per heavy atom. The number of oxime groups is 1. The van der Waals surface area contributed by atoms with Crippen LogP contribution in [0.2, 0.25) is 0 Å². The average molecular weight is 251 g/mol. The lowest BCUT2D eigenvalue weighted by Crippen LogP contribution is -2.44. The number of hydrogen-bond donors (Lipinski definition) is 1. The molecule has 0 saturated carbocycles. The third kappa shape index (κ3) is 2.23. The van der Waals surface area contributed by atoms with Gasteiger partial charge in [0.05, 0.1) is 11.9 Å². The zero-order valence-electron chi connectivity index (χ0n) is 10.6. The molecule has 1 aliphatic heterocycles. The first-order chi connectivity index (χ1) is 8.67. The van der Waals surface area contributed by atoms with Crippen molar-refractivity contribution in [2.75, 3.05) is 13.1 Å². The van der Waals surface area contributed by atoms with Crippen LogP contribution in [0.1, 0.15) is 35.9 Å². The second-order valence-electron chi connectivity index (χ2n) is 4.49. The summed E-state index contributed by atoms with van der Waals surface area (Å²) in [5.41, 5.74) is 1.29. The van der Waals surface area contributed by atoms with Crippen LogP contribution in [-0.2, 0) is 0 Å². The molecule has 0 bridgehead atoms. The summed E-state index contributed by atoms with van der Waals surface area (Å²) in [5, 5.41) is 15.8. The van der Waals surface area contributed by atoms with Crippen molar-refractivity contribution in [2.24, 2.45) is 11.1 Å². The van der Waals surface area contributed by atoms with E-state index in [1.165, 1.54) is 6.20 Å². The van der Waals surface area contributed by atoms with Gasteiger partial charge in [-0.05, 0) is 13.3 Å². The van der Waals surface area contributed by atoms with Gasteiger partial charge in [0.15, 0.2) is 0 Å². The molecule has 18 heavy (non-hydrogen) atoms. The van der Waals surface area contributed by atoms with Crippen molar-refractivity contribution in [1.29, 1.82) is 0 Å². The summed E-state index contributed by atoms with van der Waals surface area (Å²) in [6.45, 7) is 4.90. The van der Waals surface area contributed by atoms with Gasteiger partial charge in [-0.2, -0.15) is 0 Å². The first-order valence-electron chi connectivity index (χ1n) is 6.08. The summed E-state index contributed by atoms with van der Waals surface area (Å²) in [7, 11) is 0. The van der Waals surface area contributed by atoms with Crippen molar-refractivity contribution in [3.05, 3.63) is 17.5 Å². The van der Waals surface area contributed by atoms with Crippen LogP contribution in [0, 0.1) is 12.8 Å². The number of likely N-dealkylation sites (tertiary alicyclic amines) is 1. The number of rotatable bonds is 2. The van der Waals surface area contributed by atoms with E-state index in [1.54, 1.807) is 11.8 Å². The smallest absolute Gasteiger partial charge is 0.259 e. The van der Waals surface area contributed by atoms with E-state index in [4.69, 9.17) is 9.73 Å². The van der Waals surface area contributed by atoms with Crippen molar-refractivity contribution in [3.63, 3.8) is 0 Å². The van der Waals surface area contributed by atoms with Gasteiger partial charge in [0.1, 0.15) is 11.3 Å². The van der Waals surface area contributed by atoms with E-state index in [1.807, 2.05) is 6.92 Å². The van der Waals surface area contributed by atoms with E-state index in [0.717, 1.165) is 12.1 Å². The summed E-state index contributed by atoms with van der Waals surface area (Å²) < 4.78 is 4.91. The highest BCUT2D eigenvalue weighted by Crippen LogP contribution is 2.20. The van der Waals surface area contributed by atoms with Crippen LogP contribution < -0.4 is 0 Å². The van der Waals surface area contributed by atoms with Crippen molar-refractivity contribution in [3.8, 4) is 0 Å². The molecule has 1 aromatic rings. The molecule has 1 fully saturated rings. The van der Waals surface area contributed by atoms with E-state index in [-0.39, 0.29) is 11.8 Å². The maximum Gasteiger partial charge on any atom is 0.259 e. The number of carbonyl (C=O) groups excluding carboxylic acids is 1. The molecule has 0 aliphatic carbocycles. The van der Waals surface area contributed by atoms with Gasteiger partial charge in [-0.1, -0.05) is 17.2 Å². The van der Waals surface area contributed by atoms with E-state index >= 15 is 0 Å². The summed E-state index contributed by atoms with van der Waals surface area (Å²) in [6, 6.07) is 0. The zero-order valence-corrected chi connectivity index (χ0v) is 10.6. The molecule has 6 heteroatoms. The number of aromatic nitrogens is 1. The van der Waals surface area contributed by atoms with Gasteiger partial charge in [0.25, 0.3) is 5.91 Å². The average Bonchev–Trinajstić information content (AvgIpc) is 2.83. The molecule has 2 rings (SSSR count). The lowest BCUT2D eigenvalue weighted by molar-refractivity contribution is 0.0727. The molecule has 1 aliphatic rings. The molecule has 1 amide bonds. The van der Waals surface area contributed by atoms with Crippen molar-refractivity contribution in [1.82, 2.24) is 10.1 Å². The SMILES string of the molecule is CCC1CN(C(=O)c2cnoc2C)CCC1=NO. The molecule has 98 valence electrons. The molecule has 1 aromatic heterocycles. The van der Waals surface area contributed by atoms with Gasteiger partial charge in [-0.15, -0.1) is 0 Å². The van der Waals surface area contributed by atoms with Gasteiger partial charge in [-0.3, -0.25) is 4.79 Å². The van der Waals surface area contributed by atoms with Crippen molar-refractivity contribution in [2.45, 2.75) is 26.7 Å². The monoisotopic (exact) mass is 251 g/mol.